The van der Waals surface area contributed by atoms with Crippen LogP contribution in [-0.4, -0.2) is 24.4 Å². The molecule has 0 aromatic heterocycles. The average molecular weight is 340 g/mol. The number of hydrazine groups is 1. The Bertz CT molecular complexity index is 798. The fourth-order valence-electron chi connectivity index (χ4n) is 2.02. The van der Waals surface area contributed by atoms with Crippen molar-refractivity contribution in [2.24, 2.45) is 0 Å². The van der Waals surface area contributed by atoms with Crippen LogP contribution in [0.2, 0.25) is 0 Å². The Kier molecular flexibility index (Phi) is 5.89. The summed E-state index contributed by atoms with van der Waals surface area (Å²) in [7, 11) is 0. The quantitative estimate of drug-likeness (QED) is 0.660. The number of esters is 1. The molecule has 0 saturated carbocycles. The van der Waals surface area contributed by atoms with Crippen LogP contribution in [0.5, 0.6) is 0 Å². The van der Waals surface area contributed by atoms with Crippen molar-refractivity contribution in [3.63, 3.8) is 0 Å². The third kappa shape index (κ3) is 5.17. The van der Waals surface area contributed by atoms with Gasteiger partial charge in [0.1, 0.15) is 0 Å². The van der Waals surface area contributed by atoms with E-state index in [1.165, 1.54) is 0 Å². The zero-order chi connectivity index (χ0) is 18.4. The molecule has 0 spiro atoms. The Morgan fingerprint density at radius 3 is 2.12 bits per heavy atom. The summed E-state index contributed by atoms with van der Waals surface area (Å²) in [6.07, 6.45) is 0. The van der Waals surface area contributed by atoms with Crippen molar-refractivity contribution >= 4 is 17.8 Å². The summed E-state index contributed by atoms with van der Waals surface area (Å²) in [6, 6.07) is 12.0. The van der Waals surface area contributed by atoms with Gasteiger partial charge in [-0.1, -0.05) is 23.8 Å². The fourth-order valence-corrected chi connectivity index (χ4v) is 2.02. The lowest BCUT2D eigenvalue weighted by Crippen LogP contribution is -2.43. The highest BCUT2D eigenvalue weighted by Crippen LogP contribution is 2.10. The first-order chi connectivity index (χ1) is 11.9. The summed E-state index contributed by atoms with van der Waals surface area (Å²) in [5, 5.41) is 0. The average Bonchev–Trinajstić information content (AvgIpc) is 2.60. The second kappa shape index (κ2) is 8.10. The second-order valence-corrected chi connectivity index (χ2v) is 5.74. The standard InChI is InChI=1S/C19H20N2O4/c1-12-4-7-15(8-5-12)18(23)21-20-17(22)11-25-19(24)16-9-6-13(2)14(3)10-16/h4-10H,11H2,1-3H3,(H,20,22)(H,21,23). The van der Waals surface area contributed by atoms with Gasteiger partial charge in [0.25, 0.3) is 11.8 Å². The van der Waals surface area contributed by atoms with Gasteiger partial charge in [-0.3, -0.25) is 20.4 Å². The molecule has 0 saturated heterocycles. The first-order valence-electron chi connectivity index (χ1n) is 7.77. The SMILES string of the molecule is Cc1ccc(C(=O)NNC(=O)COC(=O)c2ccc(C)c(C)c2)cc1. The van der Waals surface area contributed by atoms with E-state index in [1.807, 2.05) is 26.8 Å². The normalized spacial score (nSPS) is 10.0. The summed E-state index contributed by atoms with van der Waals surface area (Å²) in [5.74, 6) is -1.67. The number of benzene rings is 2. The van der Waals surface area contributed by atoms with Crippen molar-refractivity contribution < 1.29 is 19.1 Å². The van der Waals surface area contributed by atoms with Gasteiger partial charge in [-0.05, 0) is 56.2 Å². The first-order valence-corrected chi connectivity index (χ1v) is 7.77. The molecule has 6 nitrogen and oxygen atoms in total. The van der Waals surface area contributed by atoms with Crippen LogP contribution >= 0.6 is 0 Å². The lowest BCUT2D eigenvalue weighted by molar-refractivity contribution is -0.125. The molecule has 2 N–H and O–H groups in total. The van der Waals surface area contributed by atoms with Gasteiger partial charge < -0.3 is 4.74 Å². The van der Waals surface area contributed by atoms with Crippen molar-refractivity contribution in [2.75, 3.05) is 6.61 Å². The molecule has 2 aromatic carbocycles. The number of nitrogens with one attached hydrogen (secondary N) is 2. The minimum atomic E-state index is -0.627. The van der Waals surface area contributed by atoms with Crippen LogP contribution < -0.4 is 10.9 Å². The van der Waals surface area contributed by atoms with E-state index in [9.17, 15) is 14.4 Å². The zero-order valence-electron chi connectivity index (χ0n) is 14.4. The highest BCUT2D eigenvalue weighted by Gasteiger charge is 2.12. The van der Waals surface area contributed by atoms with Crippen LogP contribution in [0, 0.1) is 20.8 Å². The second-order valence-electron chi connectivity index (χ2n) is 5.74. The molecule has 2 rings (SSSR count). The summed E-state index contributed by atoms with van der Waals surface area (Å²) < 4.78 is 4.94. The maximum absolute atomic E-state index is 11.9. The van der Waals surface area contributed by atoms with E-state index in [4.69, 9.17) is 4.74 Å². The fraction of sp³-hybridized carbons (Fsp3) is 0.211. The predicted molar refractivity (Wildman–Crippen MR) is 93.0 cm³/mol. The van der Waals surface area contributed by atoms with Gasteiger partial charge in [0.15, 0.2) is 6.61 Å². The van der Waals surface area contributed by atoms with Crippen LogP contribution in [-0.2, 0) is 9.53 Å². The summed E-state index contributed by atoms with van der Waals surface area (Å²) in [6.45, 7) is 5.25. The number of ether oxygens (including phenoxy) is 1. The van der Waals surface area contributed by atoms with Gasteiger partial charge in [0.05, 0.1) is 5.56 Å². The monoisotopic (exact) mass is 340 g/mol. The minimum Gasteiger partial charge on any atom is -0.452 e. The van der Waals surface area contributed by atoms with Gasteiger partial charge >= 0.3 is 5.97 Å². The Balaban J connectivity index is 1.80. The predicted octanol–water partition coefficient (Wildman–Crippen LogP) is 2.23. The Morgan fingerprint density at radius 1 is 0.840 bits per heavy atom. The van der Waals surface area contributed by atoms with Crippen molar-refractivity contribution in [3.8, 4) is 0 Å². The van der Waals surface area contributed by atoms with E-state index in [0.717, 1.165) is 16.7 Å². The molecular weight excluding hydrogens is 320 g/mol. The van der Waals surface area contributed by atoms with E-state index in [2.05, 4.69) is 10.9 Å². The molecule has 6 heteroatoms. The molecule has 0 unspecified atom stereocenters. The highest BCUT2D eigenvalue weighted by atomic mass is 16.5. The van der Waals surface area contributed by atoms with Gasteiger partial charge in [0.2, 0.25) is 0 Å². The number of carbonyl (C=O) groups is 3. The van der Waals surface area contributed by atoms with Crippen molar-refractivity contribution in [1.82, 2.24) is 10.9 Å². The maximum atomic E-state index is 11.9. The number of carbonyl (C=O) groups excluding carboxylic acids is 3. The van der Waals surface area contributed by atoms with E-state index in [-0.39, 0.29) is 0 Å². The Hall–Kier alpha value is -3.15. The summed E-state index contributed by atoms with van der Waals surface area (Å²) in [4.78, 5) is 35.5. The molecular formula is C19H20N2O4. The van der Waals surface area contributed by atoms with Gasteiger partial charge in [0, 0.05) is 5.56 Å². The molecule has 130 valence electrons. The number of hydrogen-bond donors (Lipinski definition) is 2. The van der Waals surface area contributed by atoms with Gasteiger partial charge in [-0.2, -0.15) is 0 Å². The van der Waals surface area contributed by atoms with E-state index in [0.29, 0.717) is 11.1 Å². The molecule has 2 amide bonds. The van der Waals surface area contributed by atoms with Crippen LogP contribution in [0.15, 0.2) is 42.5 Å². The summed E-state index contributed by atoms with van der Waals surface area (Å²) in [5.41, 5.74) is 8.32. The highest BCUT2D eigenvalue weighted by molar-refractivity contribution is 5.96. The molecule has 0 atom stereocenters. The van der Waals surface area contributed by atoms with Crippen molar-refractivity contribution in [2.45, 2.75) is 20.8 Å². The molecule has 2 aromatic rings. The van der Waals surface area contributed by atoms with Crippen molar-refractivity contribution in [3.05, 3.63) is 70.3 Å². The zero-order valence-corrected chi connectivity index (χ0v) is 14.4. The van der Waals surface area contributed by atoms with Crippen LogP contribution in [0.3, 0.4) is 0 Å². The van der Waals surface area contributed by atoms with E-state index in [1.54, 1.807) is 36.4 Å². The van der Waals surface area contributed by atoms with Crippen LogP contribution in [0.4, 0.5) is 0 Å². The Labute approximate surface area is 146 Å². The lowest BCUT2D eigenvalue weighted by Gasteiger charge is -2.09. The maximum Gasteiger partial charge on any atom is 0.338 e. The third-order valence-electron chi connectivity index (χ3n) is 3.71. The molecule has 25 heavy (non-hydrogen) atoms. The van der Waals surface area contributed by atoms with Crippen LogP contribution in [0.1, 0.15) is 37.4 Å². The Morgan fingerprint density at radius 2 is 1.48 bits per heavy atom. The number of amides is 2. The largest absolute Gasteiger partial charge is 0.452 e. The lowest BCUT2D eigenvalue weighted by atomic mass is 10.1. The molecule has 0 aliphatic carbocycles. The molecule has 0 bridgehead atoms. The topological polar surface area (TPSA) is 84.5 Å². The van der Waals surface area contributed by atoms with Crippen molar-refractivity contribution in [1.29, 1.82) is 0 Å². The smallest absolute Gasteiger partial charge is 0.338 e. The van der Waals surface area contributed by atoms with Gasteiger partial charge in [-0.15, -0.1) is 0 Å². The number of aryl methyl sites for hydroxylation is 3. The third-order valence-corrected chi connectivity index (χ3v) is 3.71. The first kappa shape index (κ1) is 18.2. The summed E-state index contributed by atoms with van der Waals surface area (Å²) >= 11 is 0. The molecule has 0 fully saturated rings. The van der Waals surface area contributed by atoms with Crippen LogP contribution in [0.25, 0.3) is 0 Å². The number of rotatable bonds is 4. The van der Waals surface area contributed by atoms with Gasteiger partial charge in [-0.25, -0.2) is 4.79 Å². The number of hydrogen-bond acceptors (Lipinski definition) is 4. The minimum absolute atomic E-state index is 0.375. The molecule has 0 radical (unpaired) electrons. The molecule has 0 aliphatic heterocycles. The molecule has 0 aliphatic rings. The van der Waals surface area contributed by atoms with E-state index >= 15 is 0 Å². The van der Waals surface area contributed by atoms with E-state index < -0.39 is 24.4 Å². The molecule has 0 heterocycles.